The molecule has 1 aromatic carbocycles. The molecule has 3 nitrogen and oxygen atoms in total. The van der Waals surface area contributed by atoms with Gasteiger partial charge in [-0.15, -0.1) is 0 Å². The molecule has 0 aliphatic heterocycles. The second-order valence-corrected chi connectivity index (χ2v) is 3.44. The fourth-order valence-corrected chi connectivity index (χ4v) is 1.53. The predicted molar refractivity (Wildman–Crippen MR) is 58.3 cm³/mol. The Bertz CT molecular complexity index is 289. The van der Waals surface area contributed by atoms with Crippen molar-refractivity contribution in [2.75, 3.05) is 20.0 Å². The summed E-state index contributed by atoms with van der Waals surface area (Å²) in [5, 5.41) is 0. The lowest BCUT2D eigenvalue weighted by Crippen LogP contribution is -1.93. The fourth-order valence-electron chi connectivity index (χ4n) is 1.20. The molecule has 0 radical (unpaired) electrons. The third-order valence-corrected chi connectivity index (χ3v) is 2.32. The summed E-state index contributed by atoms with van der Waals surface area (Å²) in [7, 11) is 3.23. The lowest BCUT2D eigenvalue weighted by Gasteiger charge is -2.08. The van der Waals surface area contributed by atoms with E-state index in [0.717, 1.165) is 35.5 Å². The molecule has 0 amide bonds. The molecule has 14 heavy (non-hydrogen) atoms. The van der Waals surface area contributed by atoms with Crippen molar-refractivity contribution in [3.63, 3.8) is 0 Å². The first kappa shape index (κ1) is 11.2. The summed E-state index contributed by atoms with van der Waals surface area (Å²) in [6.07, 6.45) is 0.821. The standard InChI is InChI=1S/C10H14O3S/c1-12-9-4-3-8(5-6-14-11)7-10(9)13-2/h3-4,7,11H,5-6H2,1-2H3. The van der Waals surface area contributed by atoms with Crippen LogP contribution in [-0.2, 0) is 6.42 Å². The minimum Gasteiger partial charge on any atom is -0.493 e. The van der Waals surface area contributed by atoms with Crippen LogP contribution < -0.4 is 9.47 Å². The lowest BCUT2D eigenvalue weighted by molar-refractivity contribution is 0.354. The summed E-state index contributed by atoms with van der Waals surface area (Å²) in [6, 6.07) is 5.77. The number of hydrogen-bond donors (Lipinski definition) is 1. The van der Waals surface area contributed by atoms with Gasteiger partial charge in [0.2, 0.25) is 0 Å². The third kappa shape index (κ3) is 2.82. The summed E-state index contributed by atoms with van der Waals surface area (Å²) in [5.74, 6) is 2.15. The van der Waals surface area contributed by atoms with Gasteiger partial charge in [-0.05, 0) is 36.2 Å². The largest absolute Gasteiger partial charge is 0.493 e. The highest BCUT2D eigenvalue weighted by Crippen LogP contribution is 2.27. The third-order valence-electron chi connectivity index (χ3n) is 1.93. The quantitative estimate of drug-likeness (QED) is 0.764. The maximum Gasteiger partial charge on any atom is 0.160 e. The second kappa shape index (κ2) is 5.78. The normalized spacial score (nSPS) is 9.93. The molecule has 78 valence electrons. The van der Waals surface area contributed by atoms with Gasteiger partial charge in [0.15, 0.2) is 11.5 Å². The molecule has 0 aliphatic carbocycles. The van der Waals surface area contributed by atoms with E-state index in [1.807, 2.05) is 18.2 Å². The van der Waals surface area contributed by atoms with Crippen LogP contribution in [0.25, 0.3) is 0 Å². The zero-order chi connectivity index (χ0) is 10.4. The summed E-state index contributed by atoms with van der Waals surface area (Å²) < 4.78 is 18.9. The van der Waals surface area contributed by atoms with Crippen LogP contribution in [0.3, 0.4) is 0 Å². The van der Waals surface area contributed by atoms with Crippen LogP contribution in [0, 0.1) is 0 Å². The summed E-state index contributed by atoms with van der Waals surface area (Å²) in [4.78, 5) is 0. The van der Waals surface area contributed by atoms with E-state index in [0.29, 0.717) is 5.75 Å². The predicted octanol–water partition coefficient (Wildman–Crippen LogP) is 2.45. The molecule has 0 saturated heterocycles. The number of ether oxygens (including phenoxy) is 2. The van der Waals surface area contributed by atoms with Crippen LogP contribution >= 0.6 is 12.0 Å². The molecule has 0 aliphatic rings. The molecule has 0 spiro atoms. The van der Waals surface area contributed by atoms with Crippen LogP contribution in [0.2, 0.25) is 0 Å². The molecule has 0 heterocycles. The molecule has 1 N–H and O–H groups in total. The highest BCUT2D eigenvalue weighted by atomic mass is 32.2. The summed E-state index contributed by atoms with van der Waals surface area (Å²) in [5.41, 5.74) is 1.13. The Morgan fingerprint density at radius 3 is 2.50 bits per heavy atom. The molecule has 1 rings (SSSR count). The molecule has 0 bridgehead atoms. The Kier molecular flexibility index (Phi) is 4.62. The van der Waals surface area contributed by atoms with Crippen molar-refractivity contribution in [1.29, 1.82) is 0 Å². The maximum atomic E-state index is 8.62. The number of benzene rings is 1. The molecule has 0 saturated carbocycles. The highest BCUT2D eigenvalue weighted by Gasteiger charge is 2.03. The topological polar surface area (TPSA) is 38.7 Å². The first-order chi connectivity index (χ1) is 6.81. The Hall–Kier alpha value is -0.870. The maximum absolute atomic E-state index is 8.62. The van der Waals surface area contributed by atoms with E-state index in [-0.39, 0.29) is 0 Å². The molecular weight excluding hydrogens is 200 g/mol. The first-order valence-electron chi connectivity index (χ1n) is 4.29. The first-order valence-corrected chi connectivity index (χ1v) is 5.23. The van der Waals surface area contributed by atoms with Gasteiger partial charge >= 0.3 is 0 Å². The van der Waals surface area contributed by atoms with Crippen molar-refractivity contribution < 1.29 is 14.0 Å². The number of aryl methyl sites for hydroxylation is 1. The van der Waals surface area contributed by atoms with Gasteiger partial charge in [0.1, 0.15) is 0 Å². The van der Waals surface area contributed by atoms with Crippen LogP contribution in [0.4, 0.5) is 0 Å². The second-order valence-electron chi connectivity index (χ2n) is 2.77. The summed E-state index contributed by atoms with van der Waals surface area (Å²) in [6.45, 7) is 0. The van der Waals surface area contributed by atoms with Crippen LogP contribution in [0.5, 0.6) is 11.5 Å². The van der Waals surface area contributed by atoms with E-state index in [4.69, 9.17) is 14.0 Å². The van der Waals surface area contributed by atoms with Crippen molar-refractivity contribution in [3.05, 3.63) is 23.8 Å². The van der Waals surface area contributed by atoms with Crippen LogP contribution in [0.15, 0.2) is 18.2 Å². The molecular formula is C10H14O3S. The van der Waals surface area contributed by atoms with E-state index in [2.05, 4.69) is 0 Å². The minimum absolute atomic E-state index is 0.690. The Balaban J connectivity index is 2.79. The molecule has 0 unspecified atom stereocenters. The van der Waals surface area contributed by atoms with Gasteiger partial charge in [-0.25, -0.2) is 0 Å². The van der Waals surface area contributed by atoms with Crippen molar-refractivity contribution in [2.45, 2.75) is 6.42 Å². The monoisotopic (exact) mass is 214 g/mol. The van der Waals surface area contributed by atoms with Crippen molar-refractivity contribution in [2.24, 2.45) is 0 Å². The molecule has 0 fully saturated rings. The minimum atomic E-state index is 0.690. The average molecular weight is 214 g/mol. The van der Waals surface area contributed by atoms with E-state index in [1.54, 1.807) is 14.2 Å². The van der Waals surface area contributed by atoms with E-state index in [1.165, 1.54) is 0 Å². The van der Waals surface area contributed by atoms with Crippen LogP contribution in [-0.4, -0.2) is 24.5 Å². The number of hydrogen-bond acceptors (Lipinski definition) is 4. The molecule has 1 aromatic rings. The highest BCUT2D eigenvalue weighted by molar-refractivity contribution is 7.93. The zero-order valence-corrected chi connectivity index (χ0v) is 9.13. The smallest absolute Gasteiger partial charge is 0.160 e. The lowest BCUT2D eigenvalue weighted by atomic mass is 10.1. The van der Waals surface area contributed by atoms with E-state index in [9.17, 15) is 0 Å². The molecule has 0 atom stereocenters. The van der Waals surface area contributed by atoms with Gasteiger partial charge < -0.3 is 14.0 Å². The fraction of sp³-hybridized carbons (Fsp3) is 0.400. The van der Waals surface area contributed by atoms with Gasteiger partial charge in [0, 0.05) is 5.75 Å². The molecule has 4 heteroatoms. The Morgan fingerprint density at radius 2 is 1.93 bits per heavy atom. The Labute approximate surface area is 88.2 Å². The zero-order valence-electron chi connectivity index (χ0n) is 8.32. The summed E-state index contributed by atoms with van der Waals surface area (Å²) >= 11 is 0.848. The molecule has 0 aromatic heterocycles. The van der Waals surface area contributed by atoms with Crippen molar-refractivity contribution in [1.82, 2.24) is 0 Å². The SMILES string of the molecule is COc1ccc(CCSO)cc1OC. The average Bonchev–Trinajstić information content (AvgIpc) is 2.25. The van der Waals surface area contributed by atoms with Gasteiger partial charge in [-0.1, -0.05) is 6.07 Å². The van der Waals surface area contributed by atoms with Gasteiger partial charge in [0.25, 0.3) is 0 Å². The van der Waals surface area contributed by atoms with Gasteiger partial charge in [-0.2, -0.15) is 0 Å². The van der Waals surface area contributed by atoms with E-state index < -0.39 is 0 Å². The van der Waals surface area contributed by atoms with E-state index >= 15 is 0 Å². The number of methoxy groups -OCH3 is 2. The Morgan fingerprint density at radius 1 is 1.21 bits per heavy atom. The number of rotatable bonds is 5. The van der Waals surface area contributed by atoms with Crippen molar-refractivity contribution >= 4 is 12.0 Å². The van der Waals surface area contributed by atoms with Gasteiger partial charge in [0.05, 0.1) is 14.2 Å². The van der Waals surface area contributed by atoms with Gasteiger partial charge in [-0.3, -0.25) is 0 Å². The van der Waals surface area contributed by atoms with Crippen LogP contribution in [0.1, 0.15) is 5.56 Å². The van der Waals surface area contributed by atoms with Crippen molar-refractivity contribution in [3.8, 4) is 11.5 Å².